The first-order valence-electron chi connectivity index (χ1n) is 5.82. The highest BCUT2D eigenvalue weighted by molar-refractivity contribution is 7.17. The first-order chi connectivity index (χ1) is 8.39. The summed E-state index contributed by atoms with van der Waals surface area (Å²) >= 11 is 1.32. The lowest BCUT2D eigenvalue weighted by molar-refractivity contribution is 0.0702. The summed E-state index contributed by atoms with van der Waals surface area (Å²) in [6, 6.07) is 11.7. The van der Waals surface area contributed by atoms with Crippen LogP contribution in [0.25, 0.3) is 10.4 Å². The second-order valence-electron chi connectivity index (χ2n) is 5.26. The molecule has 0 atom stereocenters. The Morgan fingerprint density at radius 1 is 1.11 bits per heavy atom. The molecular weight excluding hydrogens is 244 g/mol. The van der Waals surface area contributed by atoms with Crippen molar-refractivity contribution in [3.63, 3.8) is 0 Å². The molecule has 3 heteroatoms. The van der Waals surface area contributed by atoms with Gasteiger partial charge in [-0.1, -0.05) is 45.0 Å². The Hall–Kier alpha value is -1.61. The van der Waals surface area contributed by atoms with Crippen molar-refractivity contribution in [1.82, 2.24) is 0 Å². The Balaban J connectivity index is 2.53. The normalized spacial score (nSPS) is 11.5. The van der Waals surface area contributed by atoms with Gasteiger partial charge in [0.1, 0.15) is 4.88 Å². The van der Waals surface area contributed by atoms with E-state index in [1.54, 1.807) is 6.07 Å². The van der Waals surface area contributed by atoms with E-state index in [1.165, 1.54) is 16.9 Å². The number of carboxylic acids is 1. The van der Waals surface area contributed by atoms with E-state index in [1.807, 2.05) is 18.2 Å². The van der Waals surface area contributed by atoms with Crippen LogP contribution in [0, 0.1) is 0 Å². The molecule has 94 valence electrons. The Labute approximate surface area is 111 Å². The third kappa shape index (κ3) is 2.46. The van der Waals surface area contributed by atoms with Crippen LogP contribution in [0.2, 0.25) is 0 Å². The van der Waals surface area contributed by atoms with Crippen LogP contribution in [-0.4, -0.2) is 11.1 Å². The first kappa shape index (κ1) is 12.8. The highest BCUT2D eigenvalue weighted by Gasteiger charge is 2.19. The summed E-state index contributed by atoms with van der Waals surface area (Å²) in [4.78, 5) is 12.3. The standard InChI is InChI=1S/C15H16O2S/c1-15(2,3)11-7-5-4-6-10(11)12-8-9-13(18-12)14(16)17/h4-9H,1-3H3,(H,16,17). The van der Waals surface area contributed by atoms with Crippen LogP contribution in [0.1, 0.15) is 36.0 Å². The molecule has 0 unspecified atom stereocenters. The molecular formula is C15H16O2S. The number of hydrogen-bond donors (Lipinski definition) is 1. The Kier molecular flexibility index (Phi) is 3.26. The number of rotatable bonds is 2. The van der Waals surface area contributed by atoms with Gasteiger partial charge in [0.15, 0.2) is 0 Å². The molecule has 1 aromatic heterocycles. The van der Waals surface area contributed by atoms with E-state index in [2.05, 4.69) is 32.9 Å². The van der Waals surface area contributed by atoms with Crippen molar-refractivity contribution in [3.8, 4) is 10.4 Å². The number of benzene rings is 1. The number of hydrogen-bond acceptors (Lipinski definition) is 2. The van der Waals surface area contributed by atoms with Crippen molar-refractivity contribution in [2.75, 3.05) is 0 Å². The highest BCUT2D eigenvalue weighted by atomic mass is 32.1. The SMILES string of the molecule is CC(C)(C)c1ccccc1-c1ccc(C(=O)O)s1. The molecule has 0 aliphatic heterocycles. The van der Waals surface area contributed by atoms with Gasteiger partial charge in [-0.2, -0.15) is 0 Å². The molecule has 18 heavy (non-hydrogen) atoms. The first-order valence-corrected chi connectivity index (χ1v) is 6.64. The summed E-state index contributed by atoms with van der Waals surface area (Å²) in [6.45, 7) is 6.49. The highest BCUT2D eigenvalue weighted by Crippen LogP contribution is 2.36. The van der Waals surface area contributed by atoms with Crippen molar-refractivity contribution in [1.29, 1.82) is 0 Å². The van der Waals surface area contributed by atoms with Crippen LogP contribution >= 0.6 is 11.3 Å². The molecule has 0 bridgehead atoms. The predicted molar refractivity (Wildman–Crippen MR) is 75.4 cm³/mol. The van der Waals surface area contributed by atoms with Gasteiger partial charge in [-0.3, -0.25) is 0 Å². The van der Waals surface area contributed by atoms with Gasteiger partial charge < -0.3 is 5.11 Å². The van der Waals surface area contributed by atoms with Gasteiger partial charge >= 0.3 is 5.97 Å². The molecule has 2 aromatic rings. The Morgan fingerprint density at radius 3 is 2.33 bits per heavy atom. The van der Waals surface area contributed by atoms with Crippen LogP contribution in [0.5, 0.6) is 0 Å². The number of carboxylic acid groups (broad SMARTS) is 1. The van der Waals surface area contributed by atoms with Crippen molar-refractivity contribution < 1.29 is 9.90 Å². The monoisotopic (exact) mass is 260 g/mol. The fraction of sp³-hybridized carbons (Fsp3) is 0.267. The molecule has 2 rings (SSSR count). The third-order valence-corrected chi connectivity index (χ3v) is 3.92. The molecule has 0 saturated carbocycles. The van der Waals surface area contributed by atoms with Gasteiger partial charge in [-0.25, -0.2) is 4.79 Å². The maximum Gasteiger partial charge on any atom is 0.345 e. The summed E-state index contributed by atoms with van der Waals surface area (Å²) in [5.74, 6) is -0.862. The number of aromatic carboxylic acids is 1. The fourth-order valence-corrected chi connectivity index (χ4v) is 2.83. The van der Waals surface area contributed by atoms with E-state index in [-0.39, 0.29) is 5.41 Å². The van der Waals surface area contributed by atoms with Crippen molar-refractivity contribution in [2.45, 2.75) is 26.2 Å². The summed E-state index contributed by atoms with van der Waals surface area (Å²) in [7, 11) is 0. The summed E-state index contributed by atoms with van der Waals surface area (Å²) in [5, 5.41) is 8.98. The molecule has 0 saturated heterocycles. The quantitative estimate of drug-likeness (QED) is 0.868. The van der Waals surface area contributed by atoms with Crippen molar-refractivity contribution >= 4 is 17.3 Å². The maximum absolute atomic E-state index is 10.9. The summed E-state index contributed by atoms with van der Waals surface area (Å²) in [5.41, 5.74) is 2.41. The average Bonchev–Trinajstić information content (AvgIpc) is 2.77. The molecule has 1 aromatic carbocycles. The lowest BCUT2D eigenvalue weighted by Gasteiger charge is -2.22. The van der Waals surface area contributed by atoms with Gasteiger partial charge in [0.05, 0.1) is 0 Å². The largest absolute Gasteiger partial charge is 0.477 e. The molecule has 0 fully saturated rings. The lowest BCUT2D eigenvalue weighted by atomic mass is 9.83. The Morgan fingerprint density at radius 2 is 1.78 bits per heavy atom. The van der Waals surface area contributed by atoms with E-state index in [9.17, 15) is 4.79 Å². The van der Waals surface area contributed by atoms with Crippen LogP contribution in [0.3, 0.4) is 0 Å². The lowest BCUT2D eigenvalue weighted by Crippen LogP contribution is -2.12. The van der Waals surface area contributed by atoms with Gasteiger partial charge in [0.2, 0.25) is 0 Å². The van der Waals surface area contributed by atoms with Crippen LogP contribution in [0.4, 0.5) is 0 Å². The molecule has 0 spiro atoms. The minimum atomic E-state index is -0.862. The van der Waals surface area contributed by atoms with E-state index in [0.717, 1.165) is 10.4 Å². The van der Waals surface area contributed by atoms with E-state index in [0.29, 0.717) is 4.88 Å². The minimum absolute atomic E-state index is 0.0456. The topological polar surface area (TPSA) is 37.3 Å². The third-order valence-electron chi connectivity index (χ3n) is 2.82. The fourth-order valence-electron chi connectivity index (χ4n) is 1.95. The van der Waals surface area contributed by atoms with E-state index >= 15 is 0 Å². The average molecular weight is 260 g/mol. The maximum atomic E-state index is 10.9. The van der Waals surface area contributed by atoms with Gasteiger partial charge in [-0.15, -0.1) is 11.3 Å². The summed E-state index contributed by atoms with van der Waals surface area (Å²) in [6.07, 6.45) is 0. The van der Waals surface area contributed by atoms with Gasteiger partial charge in [0.25, 0.3) is 0 Å². The van der Waals surface area contributed by atoms with E-state index in [4.69, 9.17) is 5.11 Å². The van der Waals surface area contributed by atoms with Gasteiger partial charge in [0, 0.05) is 4.88 Å². The Bertz CT molecular complexity index is 576. The molecule has 1 N–H and O–H groups in total. The second kappa shape index (κ2) is 4.58. The van der Waals surface area contributed by atoms with Crippen LogP contribution in [0.15, 0.2) is 36.4 Å². The summed E-state index contributed by atoms with van der Waals surface area (Å²) < 4.78 is 0. The van der Waals surface area contributed by atoms with Gasteiger partial charge in [-0.05, 0) is 28.7 Å². The molecule has 1 heterocycles. The molecule has 0 aliphatic rings. The molecule has 0 radical (unpaired) electrons. The molecule has 0 aliphatic carbocycles. The number of thiophene rings is 1. The van der Waals surface area contributed by atoms with Crippen molar-refractivity contribution in [3.05, 3.63) is 46.8 Å². The zero-order valence-electron chi connectivity index (χ0n) is 10.7. The van der Waals surface area contributed by atoms with Crippen molar-refractivity contribution in [2.24, 2.45) is 0 Å². The smallest absolute Gasteiger partial charge is 0.345 e. The molecule has 2 nitrogen and oxygen atoms in total. The van der Waals surface area contributed by atoms with E-state index < -0.39 is 5.97 Å². The number of carbonyl (C=O) groups is 1. The zero-order valence-corrected chi connectivity index (χ0v) is 11.5. The minimum Gasteiger partial charge on any atom is -0.477 e. The van der Waals surface area contributed by atoms with Crippen LogP contribution < -0.4 is 0 Å². The molecule has 0 amide bonds. The predicted octanol–water partition coefficient (Wildman–Crippen LogP) is 4.41. The van der Waals surface area contributed by atoms with Crippen LogP contribution in [-0.2, 0) is 5.41 Å². The zero-order chi connectivity index (χ0) is 13.3. The second-order valence-corrected chi connectivity index (χ2v) is 6.35.